The molecule has 116 valence electrons. The minimum Gasteiger partial charge on any atom is -0.357 e. The van der Waals surface area contributed by atoms with Gasteiger partial charge in [-0.15, -0.1) is 0 Å². The topological polar surface area (TPSA) is 21.7 Å². The average Bonchev–Trinajstić information content (AvgIpc) is 2.90. The van der Waals surface area contributed by atoms with Gasteiger partial charge < -0.3 is 4.74 Å². The van der Waals surface area contributed by atoms with E-state index in [1.54, 1.807) is 0 Å². The van der Waals surface area contributed by atoms with E-state index in [-0.39, 0.29) is 12.2 Å². The first-order chi connectivity index (χ1) is 9.75. The van der Waals surface area contributed by atoms with Crippen LogP contribution in [0.25, 0.3) is 0 Å². The first-order valence-corrected chi connectivity index (χ1v) is 7.27. The molecular weight excluding hydrogens is 264 g/mol. The Morgan fingerprint density at radius 3 is 1.38 bits per heavy atom. The molecule has 0 N–H and O–H groups in total. The number of amidine groups is 2. The number of hydrogen-bond donors (Lipinski definition) is 0. The van der Waals surface area contributed by atoms with Crippen LogP contribution in [0.1, 0.15) is 0 Å². The van der Waals surface area contributed by atoms with Crippen LogP contribution in [-0.2, 0) is 4.74 Å². The van der Waals surface area contributed by atoms with Gasteiger partial charge in [0.05, 0.1) is 67.5 Å². The fourth-order valence-corrected chi connectivity index (χ4v) is 3.34. The van der Waals surface area contributed by atoms with E-state index in [1.807, 2.05) is 0 Å². The lowest BCUT2D eigenvalue weighted by molar-refractivity contribution is -0.470. The molecule has 5 nitrogen and oxygen atoms in total. The van der Waals surface area contributed by atoms with E-state index in [0.717, 1.165) is 0 Å². The first-order valence-electron chi connectivity index (χ1n) is 7.27. The lowest BCUT2D eigenvalue weighted by Gasteiger charge is -2.20. The number of nitrogens with zero attached hydrogens (tertiary/aromatic N) is 4. The molecule has 0 aromatic rings. The van der Waals surface area contributed by atoms with Gasteiger partial charge in [-0.05, 0) is 0 Å². The van der Waals surface area contributed by atoms with Crippen LogP contribution in [0.15, 0.2) is 23.3 Å². The third-order valence-corrected chi connectivity index (χ3v) is 3.79. The normalized spacial score (nSPS) is 22.7. The lowest BCUT2D eigenvalue weighted by atomic mass is 9.94. The summed E-state index contributed by atoms with van der Waals surface area (Å²) in [5.74, 6) is 2.39. The number of likely N-dealkylation sites (N-methyl/N-ethyl adjacent to an activating group) is 2. The van der Waals surface area contributed by atoms with Crippen LogP contribution in [0.4, 0.5) is 0 Å². The Hall–Kier alpha value is -1.62. The van der Waals surface area contributed by atoms with Gasteiger partial charge in [0, 0.05) is 0 Å². The van der Waals surface area contributed by atoms with E-state index in [0.29, 0.717) is 0 Å². The number of fused-ring (bicyclic) bond motifs is 2. The third kappa shape index (κ3) is 2.62. The number of rotatable bonds is 2. The molecule has 0 spiro atoms. The predicted octanol–water partition coefficient (Wildman–Crippen LogP) is 0.0846. The molecule has 2 bridgehead atoms. The summed E-state index contributed by atoms with van der Waals surface area (Å²) < 4.78 is 10.5. The van der Waals surface area contributed by atoms with Gasteiger partial charge in [0.15, 0.2) is 0 Å². The van der Waals surface area contributed by atoms with Crippen molar-refractivity contribution in [3.8, 4) is 0 Å². The molecule has 0 aromatic heterocycles. The Morgan fingerprint density at radius 2 is 1.14 bits per heavy atom. The Kier molecular flexibility index (Phi) is 4.23. The van der Waals surface area contributed by atoms with Crippen LogP contribution in [0.3, 0.4) is 0 Å². The van der Waals surface area contributed by atoms with Gasteiger partial charge >= 0.3 is 0 Å². The van der Waals surface area contributed by atoms with E-state index >= 15 is 0 Å². The molecule has 0 radical (unpaired) electrons. The van der Waals surface area contributed by atoms with Crippen molar-refractivity contribution in [1.82, 2.24) is 9.80 Å². The van der Waals surface area contributed by atoms with Crippen LogP contribution >= 0.6 is 0 Å². The molecule has 21 heavy (non-hydrogen) atoms. The van der Waals surface area contributed by atoms with E-state index in [4.69, 9.17) is 4.74 Å². The highest BCUT2D eigenvalue weighted by Crippen LogP contribution is 2.36. The van der Waals surface area contributed by atoms with E-state index in [9.17, 15) is 0 Å². The maximum absolute atomic E-state index is 6.13. The zero-order chi connectivity index (χ0) is 15.9. The molecule has 2 rings (SSSR count). The van der Waals surface area contributed by atoms with Crippen LogP contribution < -0.4 is 0 Å². The fourth-order valence-electron chi connectivity index (χ4n) is 3.34. The average molecular weight is 292 g/mol. The van der Waals surface area contributed by atoms with E-state index < -0.39 is 0 Å². The van der Waals surface area contributed by atoms with Gasteiger partial charge in [-0.25, -0.2) is 0 Å². The Labute approximate surface area is 128 Å². The molecule has 2 aliphatic rings. The molecule has 2 heterocycles. The monoisotopic (exact) mass is 292 g/mol. The lowest BCUT2D eigenvalue weighted by Crippen LogP contribution is -2.39. The van der Waals surface area contributed by atoms with Crippen molar-refractivity contribution >= 4 is 11.7 Å². The standard InChI is InChI=1S/C16H28N4O/c1-17(2)15(18(3)4)13-11-9-10-12(21-11)14(13)16(19(5)6)20(7)8/h9-12H,1-8H3/q+2. The first kappa shape index (κ1) is 15.8. The fraction of sp³-hybridized carbons (Fsp3) is 0.625. The minimum absolute atomic E-state index is 0.0553. The molecule has 0 fully saturated rings. The zero-order valence-corrected chi connectivity index (χ0v) is 14.5. The molecule has 2 atom stereocenters. The summed E-state index contributed by atoms with van der Waals surface area (Å²) in [5, 5.41) is 0. The maximum atomic E-state index is 6.13. The molecule has 0 saturated carbocycles. The van der Waals surface area contributed by atoms with Crippen molar-refractivity contribution < 1.29 is 13.9 Å². The van der Waals surface area contributed by atoms with Crippen LogP contribution in [0.5, 0.6) is 0 Å². The van der Waals surface area contributed by atoms with Gasteiger partial charge in [0.25, 0.3) is 11.7 Å². The highest BCUT2D eigenvalue weighted by atomic mass is 16.5. The van der Waals surface area contributed by atoms with Crippen molar-refractivity contribution in [2.45, 2.75) is 12.2 Å². The third-order valence-electron chi connectivity index (χ3n) is 3.79. The second-order valence-corrected chi connectivity index (χ2v) is 6.41. The van der Waals surface area contributed by atoms with E-state index in [2.05, 4.69) is 87.5 Å². The predicted molar refractivity (Wildman–Crippen MR) is 86.4 cm³/mol. The van der Waals surface area contributed by atoms with Gasteiger partial charge in [0.1, 0.15) is 12.2 Å². The molecule has 5 heteroatoms. The smallest absolute Gasteiger partial charge is 0.277 e. The highest BCUT2D eigenvalue weighted by molar-refractivity contribution is 6.08. The molecule has 2 aliphatic heterocycles. The van der Waals surface area contributed by atoms with Crippen LogP contribution in [-0.4, -0.2) is 99.2 Å². The van der Waals surface area contributed by atoms with Crippen LogP contribution in [0, 0.1) is 0 Å². The maximum Gasteiger partial charge on any atom is 0.277 e. The molecular formula is C16H28N4O+2. The van der Waals surface area contributed by atoms with Gasteiger partial charge in [-0.3, -0.25) is 19.0 Å². The Balaban J connectivity index is 2.69. The molecule has 2 unspecified atom stereocenters. The molecule has 0 saturated heterocycles. The number of hydrogen-bond acceptors (Lipinski definition) is 1. The summed E-state index contributed by atoms with van der Waals surface area (Å²) in [6.45, 7) is 0. The van der Waals surface area contributed by atoms with Crippen molar-refractivity contribution in [3.63, 3.8) is 0 Å². The Morgan fingerprint density at radius 1 is 0.810 bits per heavy atom. The van der Waals surface area contributed by atoms with E-state index in [1.165, 1.54) is 22.8 Å². The number of ether oxygens (including phenoxy) is 1. The van der Waals surface area contributed by atoms with Crippen molar-refractivity contribution in [2.75, 3.05) is 56.4 Å². The largest absolute Gasteiger partial charge is 0.357 e. The Bertz CT molecular complexity index is 511. The zero-order valence-electron chi connectivity index (χ0n) is 14.5. The second kappa shape index (κ2) is 5.64. The molecule has 0 amide bonds. The summed E-state index contributed by atoms with van der Waals surface area (Å²) in [4.78, 5) is 4.33. The molecule has 0 aliphatic carbocycles. The molecule has 0 aromatic carbocycles. The van der Waals surface area contributed by atoms with Crippen molar-refractivity contribution in [3.05, 3.63) is 23.3 Å². The summed E-state index contributed by atoms with van der Waals surface area (Å²) in [6.07, 6.45) is 4.44. The van der Waals surface area contributed by atoms with Gasteiger partial charge in [-0.1, -0.05) is 12.2 Å². The summed E-state index contributed by atoms with van der Waals surface area (Å²) >= 11 is 0. The minimum atomic E-state index is 0.0553. The summed E-state index contributed by atoms with van der Waals surface area (Å²) in [7, 11) is 16.7. The quantitative estimate of drug-likeness (QED) is 0.311. The summed E-state index contributed by atoms with van der Waals surface area (Å²) in [5.41, 5.74) is 2.55. The van der Waals surface area contributed by atoms with Crippen molar-refractivity contribution in [2.24, 2.45) is 0 Å². The van der Waals surface area contributed by atoms with Crippen molar-refractivity contribution in [1.29, 1.82) is 0 Å². The van der Waals surface area contributed by atoms with Gasteiger partial charge in [-0.2, -0.15) is 0 Å². The van der Waals surface area contributed by atoms with Gasteiger partial charge in [0.2, 0.25) is 0 Å². The summed E-state index contributed by atoms with van der Waals surface area (Å²) in [6, 6.07) is 0. The van der Waals surface area contributed by atoms with Crippen LogP contribution in [0.2, 0.25) is 0 Å². The SMILES string of the molecule is CN(C)C(C1=C(C(N(C)C)=[N+](C)C)C2C=CC1O2)=[N+](C)C. The second-order valence-electron chi connectivity index (χ2n) is 6.41. The highest BCUT2D eigenvalue weighted by Gasteiger charge is 2.46.